The van der Waals surface area contributed by atoms with Crippen molar-refractivity contribution in [1.82, 2.24) is 14.7 Å². The van der Waals surface area contributed by atoms with Crippen molar-refractivity contribution in [1.29, 1.82) is 0 Å². The van der Waals surface area contributed by atoms with Crippen LogP contribution in [-0.2, 0) is 28.4 Å². The summed E-state index contributed by atoms with van der Waals surface area (Å²) in [6.45, 7) is 4.39. The Labute approximate surface area is 221 Å². The molecule has 10 heteroatoms. The molecule has 2 aliphatic carbocycles. The molecule has 8 nitrogen and oxygen atoms in total. The van der Waals surface area contributed by atoms with Crippen LogP contribution in [-0.4, -0.2) is 36.6 Å². The van der Waals surface area contributed by atoms with Crippen molar-refractivity contribution < 1.29 is 12.8 Å². The van der Waals surface area contributed by atoms with Gasteiger partial charge in [0.1, 0.15) is 11.2 Å². The molecular formula is C28H31FN6O2S. The van der Waals surface area contributed by atoms with Gasteiger partial charge in [-0.1, -0.05) is 0 Å². The van der Waals surface area contributed by atoms with Crippen molar-refractivity contribution >= 4 is 26.5 Å². The molecule has 0 amide bonds. The Balaban J connectivity index is 1.32. The first kappa shape index (κ1) is 25.1. The molecule has 6 rings (SSSR count). The van der Waals surface area contributed by atoms with E-state index in [1.807, 2.05) is 37.3 Å². The third kappa shape index (κ3) is 4.82. The number of nitrogens with one attached hydrogen (secondary N) is 2. The fourth-order valence-electron chi connectivity index (χ4n) is 5.23. The summed E-state index contributed by atoms with van der Waals surface area (Å²) in [4.78, 5) is 9.46. The first-order valence-electron chi connectivity index (χ1n) is 13.0. The lowest BCUT2D eigenvalue weighted by Crippen LogP contribution is -2.36. The van der Waals surface area contributed by atoms with Crippen LogP contribution in [0.1, 0.15) is 62.0 Å². The van der Waals surface area contributed by atoms with Gasteiger partial charge in [0.15, 0.2) is 0 Å². The van der Waals surface area contributed by atoms with E-state index in [0.717, 1.165) is 46.4 Å². The summed E-state index contributed by atoms with van der Waals surface area (Å²) in [6, 6.07) is 7.84. The number of sulfonamides is 1. The molecule has 3 aromatic rings. The van der Waals surface area contributed by atoms with Gasteiger partial charge in [0, 0.05) is 47.4 Å². The number of fused-ring (bicyclic) bond motifs is 2. The molecule has 2 N–H and O–H groups in total. The van der Waals surface area contributed by atoms with Crippen LogP contribution in [0, 0.1) is 0 Å². The van der Waals surface area contributed by atoms with E-state index in [9.17, 15) is 12.8 Å². The van der Waals surface area contributed by atoms with Crippen molar-refractivity contribution in [2.24, 2.45) is 10.2 Å². The summed E-state index contributed by atoms with van der Waals surface area (Å²) in [5.41, 5.74) is 2.08. The predicted molar refractivity (Wildman–Crippen MR) is 144 cm³/mol. The minimum Gasteiger partial charge on any atom is -0.380 e. The van der Waals surface area contributed by atoms with Crippen LogP contribution >= 0.6 is 0 Å². The Hall–Kier alpha value is -3.24. The highest BCUT2D eigenvalue weighted by Gasteiger charge is 2.34. The molecule has 1 unspecified atom stereocenters. The average molecular weight is 535 g/mol. The highest BCUT2D eigenvalue weighted by molar-refractivity contribution is 7.89. The average Bonchev–Trinajstić information content (AvgIpc) is 3.50. The van der Waals surface area contributed by atoms with Crippen LogP contribution in [0.3, 0.4) is 0 Å². The largest absolute Gasteiger partial charge is 0.380 e. The molecule has 0 saturated heterocycles. The van der Waals surface area contributed by atoms with E-state index >= 15 is 0 Å². The van der Waals surface area contributed by atoms with E-state index in [0.29, 0.717) is 24.1 Å². The van der Waals surface area contributed by atoms with Crippen LogP contribution in [0.4, 0.5) is 10.1 Å². The number of anilines is 1. The van der Waals surface area contributed by atoms with E-state index in [2.05, 4.69) is 30.2 Å². The van der Waals surface area contributed by atoms with Gasteiger partial charge in [-0.05, 0) is 87.9 Å². The van der Waals surface area contributed by atoms with Crippen molar-refractivity contribution in [2.45, 2.75) is 74.5 Å². The SMILES string of the molecule is CC(C)(F)CNS(=O)(=O)c1c2c(cc3cnc(C4CC4)cc13)C[C@@H](Nc1ccc(C3(C)C=CN=N3)nc1)C2. The number of aromatic nitrogens is 2. The Morgan fingerprint density at radius 1 is 1.13 bits per heavy atom. The Morgan fingerprint density at radius 3 is 2.61 bits per heavy atom. The molecule has 198 valence electrons. The number of halogens is 1. The molecule has 2 atom stereocenters. The summed E-state index contributed by atoms with van der Waals surface area (Å²) in [5, 5.41) is 13.2. The van der Waals surface area contributed by atoms with Crippen LogP contribution in [0.15, 0.2) is 64.1 Å². The Bertz CT molecular complexity index is 1560. The zero-order chi connectivity index (χ0) is 26.7. The molecule has 1 saturated carbocycles. The van der Waals surface area contributed by atoms with Crippen LogP contribution < -0.4 is 10.0 Å². The van der Waals surface area contributed by atoms with E-state index < -0.39 is 21.2 Å². The lowest BCUT2D eigenvalue weighted by molar-refractivity contribution is 0.221. The third-order valence-corrected chi connectivity index (χ3v) is 8.97. The lowest BCUT2D eigenvalue weighted by atomic mass is 9.99. The summed E-state index contributed by atoms with van der Waals surface area (Å²) < 4.78 is 44.1. The van der Waals surface area contributed by atoms with Gasteiger partial charge < -0.3 is 5.32 Å². The molecular weight excluding hydrogens is 503 g/mol. The van der Waals surface area contributed by atoms with Crippen LogP contribution in [0.2, 0.25) is 0 Å². The smallest absolute Gasteiger partial charge is 0.241 e. The minimum atomic E-state index is -3.97. The molecule has 0 radical (unpaired) electrons. The normalized spacial score (nSPS) is 22.8. The Morgan fingerprint density at radius 2 is 1.95 bits per heavy atom. The van der Waals surface area contributed by atoms with Crippen LogP contribution in [0.25, 0.3) is 10.8 Å². The summed E-state index contributed by atoms with van der Waals surface area (Å²) in [7, 11) is -3.97. The first-order valence-corrected chi connectivity index (χ1v) is 14.4. The maximum atomic E-state index is 14.3. The monoisotopic (exact) mass is 534 g/mol. The molecule has 3 heterocycles. The second-order valence-corrected chi connectivity index (χ2v) is 13.1. The zero-order valence-corrected chi connectivity index (χ0v) is 22.5. The van der Waals surface area contributed by atoms with Gasteiger partial charge in [0.2, 0.25) is 10.0 Å². The fraction of sp³-hybridized carbons (Fsp3) is 0.429. The standard InChI is InChI=1S/C28H31FN6O2S/c1-27(2,29)16-33-38(36,37)26-22-12-21(34-20-6-7-25(31-15-20)28(3)8-9-32-35-28)11-18(22)10-19-14-30-24(13-23(19)26)17-4-5-17/h6-10,13-15,17,21,33-34H,4-5,11-12,16H2,1-3H3/t21-,28?/m1/s1. The Kier molecular flexibility index (Phi) is 5.88. The molecule has 0 bridgehead atoms. The number of hydrogen-bond donors (Lipinski definition) is 2. The number of benzene rings is 1. The lowest BCUT2D eigenvalue weighted by Gasteiger charge is -2.19. The van der Waals surface area contributed by atoms with Gasteiger partial charge in [0.25, 0.3) is 0 Å². The molecule has 38 heavy (non-hydrogen) atoms. The predicted octanol–water partition coefficient (Wildman–Crippen LogP) is 5.31. The maximum absolute atomic E-state index is 14.3. The van der Waals surface area contributed by atoms with E-state index in [4.69, 9.17) is 0 Å². The summed E-state index contributed by atoms with van der Waals surface area (Å²) >= 11 is 0. The molecule has 1 fully saturated rings. The second-order valence-electron chi connectivity index (χ2n) is 11.4. The van der Waals surface area contributed by atoms with E-state index in [1.54, 1.807) is 18.6 Å². The molecule has 1 aliphatic heterocycles. The van der Waals surface area contributed by atoms with Crippen molar-refractivity contribution in [2.75, 3.05) is 11.9 Å². The van der Waals surface area contributed by atoms with E-state index in [-0.39, 0.29) is 17.5 Å². The van der Waals surface area contributed by atoms with E-state index in [1.165, 1.54) is 13.8 Å². The van der Waals surface area contributed by atoms with Gasteiger partial charge in [-0.2, -0.15) is 10.2 Å². The van der Waals surface area contributed by atoms with Gasteiger partial charge in [-0.25, -0.2) is 17.5 Å². The van der Waals surface area contributed by atoms with Gasteiger partial charge in [-0.15, -0.1) is 0 Å². The number of pyridine rings is 2. The highest BCUT2D eigenvalue weighted by Crippen LogP contribution is 2.42. The molecule has 3 aliphatic rings. The number of nitrogens with zero attached hydrogens (tertiary/aromatic N) is 4. The topological polar surface area (TPSA) is 109 Å². The maximum Gasteiger partial charge on any atom is 0.241 e. The fourth-order valence-corrected chi connectivity index (χ4v) is 6.92. The summed E-state index contributed by atoms with van der Waals surface area (Å²) in [6.07, 6.45) is 10.4. The molecule has 1 aromatic carbocycles. The van der Waals surface area contributed by atoms with Gasteiger partial charge in [-0.3, -0.25) is 9.97 Å². The minimum absolute atomic E-state index is 0.0152. The van der Waals surface area contributed by atoms with Crippen molar-refractivity contribution in [3.05, 3.63) is 71.4 Å². The number of hydrogen-bond acceptors (Lipinski definition) is 7. The first-order chi connectivity index (χ1) is 18.0. The molecule has 0 spiro atoms. The summed E-state index contributed by atoms with van der Waals surface area (Å²) in [5.74, 6) is 0.384. The molecule has 2 aromatic heterocycles. The van der Waals surface area contributed by atoms with Gasteiger partial charge >= 0.3 is 0 Å². The number of rotatable bonds is 8. The number of alkyl halides is 1. The quantitative estimate of drug-likeness (QED) is 0.407. The van der Waals surface area contributed by atoms with Crippen molar-refractivity contribution in [3.63, 3.8) is 0 Å². The van der Waals surface area contributed by atoms with Crippen molar-refractivity contribution in [3.8, 4) is 0 Å². The second kappa shape index (κ2) is 8.91. The highest BCUT2D eigenvalue weighted by atomic mass is 32.2. The van der Waals surface area contributed by atoms with Crippen LogP contribution in [0.5, 0.6) is 0 Å². The van der Waals surface area contributed by atoms with Gasteiger partial charge in [0.05, 0.1) is 22.5 Å². The number of azo groups is 1. The zero-order valence-electron chi connectivity index (χ0n) is 21.7. The third-order valence-electron chi connectivity index (χ3n) is 7.44.